The molecule has 0 aromatic rings. The number of hydrogen-bond acceptors (Lipinski definition) is 9. The first-order valence-corrected chi connectivity index (χ1v) is 26.1. The van der Waals surface area contributed by atoms with Gasteiger partial charge in [-0.3, -0.25) is 14.2 Å². The molecule has 0 saturated carbocycles. The molecule has 0 heterocycles. The average molecular weight is 883 g/mol. The van der Waals surface area contributed by atoms with Gasteiger partial charge in [0.15, 0.2) is 11.6 Å². The van der Waals surface area contributed by atoms with Crippen LogP contribution < -0.4 is 0 Å². The van der Waals surface area contributed by atoms with Crippen molar-refractivity contribution in [1.82, 2.24) is 0 Å². The zero-order valence-corrected chi connectivity index (χ0v) is 41.4. The van der Waals surface area contributed by atoms with Gasteiger partial charge in [0, 0.05) is 13.2 Å². The monoisotopic (exact) mass is 883 g/mol. The van der Waals surface area contributed by atoms with Gasteiger partial charge in [0.25, 0.3) is 5.79 Å². The van der Waals surface area contributed by atoms with Gasteiger partial charge in [0.05, 0.1) is 13.2 Å². The van der Waals surface area contributed by atoms with E-state index in [4.69, 9.17) is 28.4 Å². The second-order valence-corrected chi connectivity index (χ2v) is 17.7. The Balaban J connectivity index is 8.01. The summed E-state index contributed by atoms with van der Waals surface area (Å²) in [5.74, 6) is -2.89. The van der Waals surface area contributed by atoms with Gasteiger partial charge >= 0.3 is 5.53 Å². The molecule has 0 aliphatic carbocycles. The SMILES string of the molecule is C=CC(=O)C(CCCCCC)OC(OCCCCCCC)(P=O)C(OCCCCCCC)(OC(CCCCCC)C(=O)C=C)C(OCCCCCCC)OCCCCCCC. The quantitative estimate of drug-likeness (QED) is 0.0255. The summed E-state index contributed by atoms with van der Waals surface area (Å²) in [5.41, 5.74) is -2.27. The molecule has 0 bridgehead atoms. The van der Waals surface area contributed by atoms with E-state index in [0.29, 0.717) is 51.7 Å². The lowest BCUT2D eigenvalue weighted by molar-refractivity contribution is -0.445. The van der Waals surface area contributed by atoms with Crippen LogP contribution in [0.5, 0.6) is 0 Å². The first kappa shape index (κ1) is 59.7. The first-order chi connectivity index (χ1) is 29.8. The molecule has 0 aromatic carbocycles. The number of ketones is 2. The standard InChI is InChI=1S/C51H95O9P/c1-9-17-23-29-35-41-55-49(56-42-36-30-24-18-10-2)50(57-43-37-31-25-19-11-3,59-47(45(52)15-7)39-33-27-21-13-5)51(61-54,58-44-38-32-26-20-12-4)60-48(46(53)16-8)40-34-28-22-14-6/h15-16,47-49H,7-14,17-44H2,1-6H3. The van der Waals surface area contributed by atoms with Crippen molar-refractivity contribution in [3.05, 3.63) is 25.3 Å². The third-order valence-electron chi connectivity index (χ3n) is 11.3. The van der Waals surface area contributed by atoms with E-state index in [2.05, 4.69) is 54.7 Å². The molecule has 61 heavy (non-hydrogen) atoms. The fraction of sp³-hybridized carbons (Fsp3) is 0.882. The van der Waals surface area contributed by atoms with Crippen molar-refractivity contribution in [3.8, 4) is 0 Å². The second-order valence-electron chi connectivity index (χ2n) is 16.9. The van der Waals surface area contributed by atoms with Gasteiger partial charge < -0.3 is 28.4 Å². The van der Waals surface area contributed by atoms with Gasteiger partial charge in [-0.1, -0.05) is 209 Å². The highest BCUT2D eigenvalue weighted by Crippen LogP contribution is 2.48. The highest BCUT2D eigenvalue weighted by Gasteiger charge is 2.67. The third-order valence-corrected chi connectivity index (χ3v) is 12.1. The van der Waals surface area contributed by atoms with Crippen LogP contribution >= 0.6 is 8.46 Å². The summed E-state index contributed by atoms with van der Waals surface area (Å²) in [6.45, 7) is 21.6. The molecule has 0 rings (SSSR count). The fourth-order valence-corrected chi connectivity index (χ4v) is 8.07. The maximum absolute atomic E-state index is 14.5. The smallest absolute Gasteiger partial charge is 0.313 e. The Morgan fingerprint density at radius 3 is 1.15 bits per heavy atom. The topological polar surface area (TPSA) is 107 Å². The molecule has 0 aliphatic heterocycles. The fourth-order valence-electron chi connectivity index (χ4n) is 7.40. The van der Waals surface area contributed by atoms with Gasteiger partial charge in [0.2, 0.25) is 14.8 Å². The zero-order chi connectivity index (χ0) is 45.3. The molecule has 4 atom stereocenters. The molecule has 9 nitrogen and oxygen atoms in total. The van der Waals surface area contributed by atoms with Gasteiger partial charge in [-0.25, -0.2) is 0 Å². The lowest BCUT2D eigenvalue weighted by atomic mass is 10.0. The predicted octanol–water partition coefficient (Wildman–Crippen LogP) is 15.1. The Hall–Kier alpha value is -1.32. The molecule has 358 valence electrons. The molecule has 0 radical (unpaired) electrons. The minimum atomic E-state index is -2.27. The number of carbonyl (C=O) groups is 2. The molecule has 0 amide bonds. The van der Waals surface area contributed by atoms with E-state index in [1.807, 2.05) is 0 Å². The van der Waals surface area contributed by atoms with Gasteiger partial charge in [0.1, 0.15) is 12.2 Å². The molecule has 4 unspecified atom stereocenters. The molecule has 0 aliphatic rings. The highest BCUT2D eigenvalue weighted by molar-refractivity contribution is 7.25. The van der Waals surface area contributed by atoms with Gasteiger partial charge in [-0.15, -0.1) is 0 Å². The van der Waals surface area contributed by atoms with Crippen LogP contribution in [0, 0.1) is 0 Å². The van der Waals surface area contributed by atoms with Gasteiger partial charge in [-0.2, -0.15) is 0 Å². The number of ether oxygens (including phenoxy) is 6. The summed E-state index contributed by atoms with van der Waals surface area (Å²) >= 11 is 0. The Morgan fingerprint density at radius 1 is 0.459 bits per heavy atom. The van der Waals surface area contributed by atoms with E-state index in [1.54, 1.807) is 0 Å². The van der Waals surface area contributed by atoms with Crippen molar-refractivity contribution in [2.24, 2.45) is 0 Å². The number of rotatable bonds is 49. The van der Waals surface area contributed by atoms with Crippen LogP contribution in [-0.4, -0.2) is 67.8 Å². The molecule has 0 N–H and O–H groups in total. The Morgan fingerprint density at radius 2 is 0.787 bits per heavy atom. The van der Waals surface area contributed by atoms with Crippen LogP contribution in [0.15, 0.2) is 25.3 Å². The van der Waals surface area contributed by atoms with Crippen molar-refractivity contribution in [3.63, 3.8) is 0 Å². The van der Waals surface area contributed by atoms with E-state index in [0.717, 1.165) is 154 Å². The summed E-state index contributed by atoms with van der Waals surface area (Å²) in [7, 11) is -0.641. The minimum absolute atomic E-state index is 0.145. The maximum Gasteiger partial charge on any atom is 0.313 e. The van der Waals surface area contributed by atoms with Crippen LogP contribution in [-0.2, 0) is 42.6 Å². The molecule has 0 saturated heterocycles. The Bertz CT molecular complexity index is 1060. The van der Waals surface area contributed by atoms with Crippen LogP contribution in [0.3, 0.4) is 0 Å². The summed E-state index contributed by atoms with van der Waals surface area (Å²) in [6, 6.07) is 0. The van der Waals surface area contributed by atoms with Crippen LogP contribution in [0.1, 0.15) is 234 Å². The molecular weight excluding hydrogens is 788 g/mol. The predicted molar refractivity (Wildman–Crippen MR) is 253 cm³/mol. The normalized spacial score (nSPS) is 14.8. The molecule has 0 aromatic heterocycles. The summed E-state index contributed by atoms with van der Waals surface area (Å²) in [4.78, 5) is 27.8. The lowest BCUT2D eigenvalue weighted by Gasteiger charge is -2.49. The van der Waals surface area contributed by atoms with Gasteiger partial charge in [-0.05, 0) is 50.7 Å². The third kappa shape index (κ3) is 26.3. The lowest BCUT2D eigenvalue weighted by Crippen LogP contribution is -2.68. The zero-order valence-electron chi connectivity index (χ0n) is 40.5. The van der Waals surface area contributed by atoms with Crippen molar-refractivity contribution in [2.45, 2.75) is 264 Å². The van der Waals surface area contributed by atoms with Crippen molar-refractivity contribution in [2.75, 3.05) is 26.4 Å². The van der Waals surface area contributed by atoms with Crippen LogP contribution in [0.4, 0.5) is 0 Å². The number of hydrogen-bond donors (Lipinski definition) is 0. The molecule has 0 fully saturated rings. The number of carbonyl (C=O) groups excluding carboxylic acids is 2. The Kier molecular flexibility index (Phi) is 40.5. The van der Waals surface area contributed by atoms with Crippen LogP contribution in [0.25, 0.3) is 0 Å². The van der Waals surface area contributed by atoms with E-state index in [-0.39, 0.29) is 24.8 Å². The molecule has 0 spiro atoms. The summed E-state index contributed by atoms with van der Waals surface area (Å²) in [5, 5.41) is 0. The van der Waals surface area contributed by atoms with E-state index < -0.39 is 38.3 Å². The summed E-state index contributed by atoms with van der Waals surface area (Å²) in [6.07, 6.45) is 26.7. The van der Waals surface area contributed by atoms with E-state index >= 15 is 0 Å². The molecule has 10 heteroatoms. The van der Waals surface area contributed by atoms with E-state index in [1.165, 1.54) is 12.2 Å². The maximum atomic E-state index is 14.5. The molecular formula is C51H95O9P. The summed E-state index contributed by atoms with van der Waals surface area (Å²) < 4.78 is 56.1. The van der Waals surface area contributed by atoms with Crippen molar-refractivity contribution >= 4 is 20.0 Å². The second kappa shape index (κ2) is 41.4. The first-order valence-electron chi connectivity index (χ1n) is 25.3. The Labute approximate surface area is 377 Å². The minimum Gasteiger partial charge on any atom is -0.348 e. The van der Waals surface area contributed by atoms with Crippen molar-refractivity contribution < 1.29 is 42.6 Å². The van der Waals surface area contributed by atoms with Crippen molar-refractivity contribution in [1.29, 1.82) is 0 Å². The van der Waals surface area contributed by atoms with E-state index in [9.17, 15) is 14.2 Å². The number of unbranched alkanes of at least 4 members (excludes halogenated alkanes) is 22. The average Bonchev–Trinajstić information content (AvgIpc) is 3.27. The largest absolute Gasteiger partial charge is 0.348 e. The highest BCUT2D eigenvalue weighted by atomic mass is 31.1. The van der Waals surface area contributed by atoms with Crippen LogP contribution in [0.2, 0.25) is 0 Å².